The smallest absolute Gasteiger partial charge is 0.236 e. The number of hydrogen-bond acceptors (Lipinski definition) is 3. The molecule has 0 unspecified atom stereocenters. The number of carbonyl (C=O) groups excluding carboxylic acids is 2. The Labute approximate surface area is 137 Å². The molecule has 1 heterocycles. The van der Waals surface area contributed by atoms with Gasteiger partial charge in [-0.1, -0.05) is 30.3 Å². The van der Waals surface area contributed by atoms with Crippen LogP contribution in [-0.4, -0.2) is 47.3 Å². The molecule has 1 aliphatic heterocycles. The van der Waals surface area contributed by atoms with Gasteiger partial charge in [0.2, 0.25) is 11.8 Å². The van der Waals surface area contributed by atoms with Crippen LogP contribution in [0.4, 0.5) is 0 Å². The quantitative estimate of drug-likeness (QED) is 0.862. The van der Waals surface area contributed by atoms with Crippen LogP contribution in [0, 0.1) is 5.92 Å². The molecule has 5 nitrogen and oxygen atoms in total. The normalized spacial score (nSPS) is 19.1. The van der Waals surface area contributed by atoms with E-state index in [-0.39, 0.29) is 17.7 Å². The van der Waals surface area contributed by atoms with Gasteiger partial charge in [0.05, 0.1) is 6.54 Å². The average Bonchev–Trinajstić information content (AvgIpc) is 3.40. The molecule has 1 saturated heterocycles. The first kappa shape index (κ1) is 16.0. The molecule has 2 N–H and O–H groups in total. The van der Waals surface area contributed by atoms with Gasteiger partial charge in [0.15, 0.2) is 0 Å². The van der Waals surface area contributed by atoms with Crippen LogP contribution in [0.1, 0.15) is 31.2 Å². The summed E-state index contributed by atoms with van der Waals surface area (Å²) in [7, 11) is 0. The molecule has 0 spiro atoms. The van der Waals surface area contributed by atoms with Gasteiger partial charge in [0, 0.05) is 31.6 Å². The van der Waals surface area contributed by atoms with E-state index in [4.69, 9.17) is 5.73 Å². The van der Waals surface area contributed by atoms with E-state index < -0.39 is 0 Å². The van der Waals surface area contributed by atoms with Gasteiger partial charge >= 0.3 is 0 Å². The van der Waals surface area contributed by atoms with E-state index in [2.05, 4.69) is 17.0 Å². The number of amides is 2. The second-order valence-electron chi connectivity index (χ2n) is 6.68. The first-order chi connectivity index (χ1) is 11.1. The van der Waals surface area contributed by atoms with E-state index in [1.54, 1.807) is 0 Å². The van der Waals surface area contributed by atoms with E-state index >= 15 is 0 Å². The summed E-state index contributed by atoms with van der Waals surface area (Å²) in [6, 6.07) is 10.9. The van der Waals surface area contributed by atoms with Gasteiger partial charge in [-0.2, -0.15) is 0 Å². The number of hydrogen-bond donors (Lipinski definition) is 1. The fraction of sp³-hybridized carbons (Fsp3) is 0.556. The zero-order chi connectivity index (χ0) is 16.2. The Morgan fingerprint density at radius 2 is 1.74 bits per heavy atom. The molecule has 2 aliphatic rings. The second-order valence-corrected chi connectivity index (χ2v) is 6.68. The van der Waals surface area contributed by atoms with Crippen LogP contribution in [-0.2, 0) is 16.1 Å². The minimum Gasteiger partial charge on any atom is -0.369 e. The summed E-state index contributed by atoms with van der Waals surface area (Å²) >= 11 is 0. The molecule has 2 fully saturated rings. The van der Waals surface area contributed by atoms with E-state index in [0.717, 1.165) is 6.54 Å². The summed E-state index contributed by atoms with van der Waals surface area (Å²) in [6.07, 6.45) is 3.76. The Kier molecular flexibility index (Phi) is 4.96. The Balaban J connectivity index is 1.54. The van der Waals surface area contributed by atoms with Crippen molar-refractivity contribution in [2.45, 2.75) is 38.3 Å². The van der Waals surface area contributed by atoms with Crippen LogP contribution in [0.25, 0.3) is 0 Å². The first-order valence-electron chi connectivity index (χ1n) is 8.48. The number of nitrogens with two attached hydrogens (primary N) is 1. The zero-order valence-corrected chi connectivity index (χ0v) is 13.5. The lowest BCUT2D eigenvalue weighted by Crippen LogP contribution is -2.46. The summed E-state index contributed by atoms with van der Waals surface area (Å²) in [5.41, 5.74) is 6.60. The maximum Gasteiger partial charge on any atom is 0.236 e. The molecule has 0 radical (unpaired) electrons. The molecule has 3 rings (SSSR count). The van der Waals surface area contributed by atoms with Gasteiger partial charge in [-0.25, -0.2) is 0 Å². The maximum absolute atomic E-state index is 12.6. The van der Waals surface area contributed by atoms with Crippen molar-refractivity contribution in [2.24, 2.45) is 11.7 Å². The van der Waals surface area contributed by atoms with Crippen molar-refractivity contribution in [2.75, 3.05) is 19.6 Å². The van der Waals surface area contributed by atoms with Gasteiger partial charge in [-0.05, 0) is 31.2 Å². The van der Waals surface area contributed by atoms with E-state index in [1.807, 2.05) is 23.1 Å². The minimum atomic E-state index is -0.235. The topological polar surface area (TPSA) is 66.6 Å². The summed E-state index contributed by atoms with van der Waals surface area (Å²) in [5, 5.41) is 0. The largest absolute Gasteiger partial charge is 0.369 e. The van der Waals surface area contributed by atoms with Crippen molar-refractivity contribution >= 4 is 11.8 Å². The lowest BCUT2D eigenvalue weighted by Gasteiger charge is -2.32. The van der Waals surface area contributed by atoms with E-state index in [9.17, 15) is 9.59 Å². The molecule has 23 heavy (non-hydrogen) atoms. The molecule has 1 aromatic rings. The number of benzene rings is 1. The fourth-order valence-corrected chi connectivity index (χ4v) is 3.26. The Hall–Kier alpha value is -1.88. The van der Waals surface area contributed by atoms with Gasteiger partial charge in [-0.3, -0.25) is 14.5 Å². The molecule has 0 bridgehead atoms. The molecular formula is C18H25N3O2. The van der Waals surface area contributed by atoms with Crippen LogP contribution in [0.5, 0.6) is 0 Å². The molecular weight excluding hydrogens is 290 g/mol. The van der Waals surface area contributed by atoms with E-state index in [0.29, 0.717) is 38.5 Å². The highest BCUT2D eigenvalue weighted by Gasteiger charge is 2.32. The second kappa shape index (κ2) is 7.13. The molecule has 124 valence electrons. The summed E-state index contributed by atoms with van der Waals surface area (Å²) in [6.45, 7) is 2.60. The third-order valence-electron chi connectivity index (χ3n) is 4.88. The molecule has 0 aromatic heterocycles. The number of rotatable bonds is 6. The predicted molar refractivity (Wildman–Crippen MR) is 88.4 cm³/mol. The Morgan fingerprint density at radius 1 is 1.09 bits per heavy atom. The Bertz CT molecular complexity index is 549. The van der Waals surface area contributed by atoms with Crippen molar-refractivity contribution < 1.29 is 9.59 Å². The number of carbonyl (C=O) groups is 2. The van der Waals surface area contributed by atoms with Gasteiger partial charge in [0.25, 0.3) is 0 Å². The summed E-state index contributed by atoms with van der Waals surface area (Å²) in [4.78, 5) is 28.0. The first-order valence-corrected chi connectivity index (χ1v) is 8.48. The number of primary amides is 1. The van der Waals surface area contributed by atoms with Crippen LogP contribution in [0.3, 0.4) is 0 Å². The molecule has 1 aromatic carbocycles. The highest BCUT2D eigenvalue weighted by atomic mass is 16.2. The SMILES string of the molecule is NC(=O)C1CCN(C(=O)CN(Cc2ccccc2)C2CC2)CC1. The van der Waals surface area contributed by atoms with Crippen LogP contribution >= 0.6 is 0 Å². The number of likely N-dealkylation sites (tertiary alicyclic amines) is 1. The lowest BCUT2D eigenvalue weighted by molar-refractivity contribution is -0.136. The van der Waals surface area contributed by atoms with Gasteiger partial charge < -0.3 is 10.6 Å². The average molecular weight is 315 g/mol. The van der Waals surface area contributed by atoms with E-state index in [1.165, 1.54) is 18.4 Å². The molecule has 2 amide bonds. The molecule has 1 saturated carbocycles. The van der Waals surface area contributed by atoms with Crippen LogP contribution < -0.4 is 5.73 Å². The van der Waals surface area contributed by atoms with Crippen molar-refractivity contribution in [1.82, 2.24) is 9.80 Å². The molecule has 0 atom stereocenters. The molecule has 5 heteroatoms. The Morgan fingerprint density at radius 3 is 2.30 bits per heavy atom. The highest BCUT2D eigenvalue weighted by molar-refractivity contribution is 5.80. The van der Waals surface area contributed by atoms with Crippen LogP contribution in [0.15, 0.2) is 30.3 Å². The zero-order valence-electron chi connectivity index (χ0n) is 13.5. The monoisotopic (exact) mass is 315 g/mol. The third kappa shape index (κ3) is 4.32. The fourth-order valence-electron chi connectivity index (χ4n) is 3.26. The minimum absolute atomic E-state index is 0.0668. The standard InChI is InChI=1S/C18H25N3O2/c19-18(23)15-8-10-20(11-9-15)17(22)13-21(16-6-7-16)12-14-4-2-1-3-5-14/h1-5,15-16H,6-13H2,(H2,19,23). The van der Waals surface area contributed by atoms with Gasteiger partial charge in [-0.15, -0.1) is 0 Å². The van der Waals surface area contributed by atoms with Crippen molar-refractivity contribution in [3.05, 3.63) is 35.9 Å². The summed E-state index contributed by atoms with van der Waals surface area (Å²) < 4.78 is 0. The van der Waals surface area contributed by atoms with Crippen molar-refractivity contribution in [3.63, 3.8) is 0 Å². The molecule has 1 aliphatic carbocycles. The lowest BCUT2D eigenvalue weighted by atomic mass is 9.96. The number of nitrogens with zero attached hydrogens (tertiary/aromatic N) is 2. The summed E-state index contributed by atoms with van der Waals surface area (Å²) in [5.74, 6) is -0.126. The highest BCUT2D eigenvalue weighted by Crippen LogP contribution is 2.28. The third-order valence-corrected chi connectivity index (χ3v) is 4.88. The predicted octanol–water partition coefficient (Wildman–Crippen LogP) is 1.37. The van der Waals surface area contributed by atoms with Crippen LogP contribution in [0.2, 0.25) is 0 Å². The van der Waals surface area contributed by atoms with Gasteiger partial charge in [0.1, 0.15) is 0 Å². The van der Waals surface area contributed by atoms with Crippen molar-refractivity contribution in [1.29, 1.82) is 0 Å². The maximum atomic E-state index is 12.6. The van der Waals surface area contributed by atoms with Crippen molar-refractivity contribution in [3.8, 4) is 0 Å². The number of piperidine rings is 1.